The van der Waals surface area contributed by atoms with Crippen molar-refractivity contribution in [2.24, 2.45) is 0 Å². The molecule has 1 amide bonds. The van der Waals surface area contributed by atoms with Crippen molar-refractivity contribution >= 4 is 35.2 Å². The zero-order chi connectivity index (χ0) is 17.1. The molecular weight excluding hydrogens is 347 g/mol. The molecule has 0 saturated heterocycles. The van der Waals surface area contributed by atoms with Gasteiger partial charge in [-0.05, 0) is 12.1 Å². The first kappa shape index (κ1) is 15.0. The second kappa shape index (κ2) is 4.72. The first-order valence-corrected chi connectivity index (χ1v) is 7.69. The fourth-order valence-corrected chi connectivity index (χ4v) is 3.96. The smallest absolute Gasteiger partial charge is 0.328 e. The first-order chi connectivity index (χ1) is 11.3. The lowest BCUT2D eigenvalue weighted by molar-refractivity contribution is -0.138. The second-order valence-corrected chi connectivity index (χ2v) is 6.35. The van der Waals surface area contributed by atoms with E-state index in [1.54, 1.807) is 0 Å². The highest BCUT2D eigenvalue weighted by molar-refractivity contribution is 8.01. The van der Waals surface area contributed by atoms with Crippen LogP contribution in [0.15, 0.2) is 24.5 Å². The summed E-state index contributed by atoms with van der Waals surface area (Å²) in [6.45, 7) is 0. The average molecular weight is 355 g/mol. The molecule has 1 unspecified atom stereocenters. The number of carbonyl (C=O) groups excluding carboxylic acids is 2. The van der Waals surface area contributed by atoms with Crippen LogP contribution in [0.1, 0.15) is 15.9 Å². The van der Waals surface area contributed by atoms with Crippen LogP contribution in [-0.4, -0.2) is 32.3 Å². The monoisotopic (exact) mass is 355 g/mol. The molecular formula is C13H8F3N5O2S. The molecule has 2 N–H and O–H groups in total. The van der Waals surface area contributed by atoms with E-state index in [2.05, 4.69) is 20.7 Å². The molecule has 2 aliphatic rings. The van der Waals surface area contributed by atoms with Gasteiger partial charge in [-0.3, -0.25) is 9.59 Å². The van der Waals surface area contributed by atoms with Gasteiger partial charge in [0, 0.05) is 11.3 Å². The number of anilines is 2. The maximum Gasteiger partial charge on any atom is 0.416 e. The molecule has 7 nitrogen and oxygen atoms in total. The van der Waals surface area contributed by atoms with Crippen LogP contribution in [0, 0.1) is 0 Å². The lowest BCUT2D eigenvalue weighted by atomic mass is 10.00. The van der Waals surface area contributed by atoms with Crippen LogP contribution in [-0.2, 0) is 15.8 Å². The fraction of sp³-hybridized carbons (Fsp3) is 0.231. The minimum Gasteiger partial charge on any atom is -0.328 e. The largest absolute Gasteiger partial charge is 0.416 e. The quantitative estimate of drug-likeness (QED) is 0.750. The summed E-state index contributed by atoms with van der Waals surface area (Å²) >= 11 is 0.771. The summed E-state index contributed by atoms with van der Waals surface area (Å²) < 4.78 is 41.3. The molecule has 2 aromatic rings. The maximum absolute atomic E-state index is 13.4. The van der Waals surface area contributed by atoms with Crippen LogP contribution in [0.2, 0.25) is 0 Å². The molecule has 4 rings (SSSR count). The highest BCUT2D eigenvalue weighted by atomic mass is 32.2. The Balaban J connectivity index is 1.96. The second-order valence-electron chi connectivity index (χ2n) is 5.16. The number of amides is 1. The summed E-state index contributed by atoms with van der Waals surface area (Å²) in [6.07, 6.45) is -3.57. The summed E-state index contributed by atoms with van der Waals surface area (Å²) in [6, 6.07) is 3.51. The Hall–Kier alpha value is -2.56. The topological polar surface area (TPSA) is 88.9 Å². The molecule has 0 radical (unpaired) electrons. The highest BCUT2D eigenvalue weighted by Crippen LogP contribution is 2.51. The van der Waals surface area contributed by atoms with E-state index in [9.17, 15) is 22.8 Å². The van der Waals surface area contributed by atoms with Crippen molar-refractivity contribution in [3.63, 3.8) is 0 Å². The number of hydrogen-bond acceptors (Lipinski definition) is 6. The van der Waals surface area contributed by atoms with Gasteiger partial charge < -0.3 is 10.6 Å². The number of nitrogens with zero attached hydrogens (tertiary/aromatic N) is 3. The molecule has 0 bridgehead atoms. The van der Waals surface area contributed by atoms with Crippen molar-refractivity contribution in [1.82, 2.24) is 14.8 Å². The molecule has 2 aliphatic heterocycles. The van der Waals surface area contributed by atoms with Crippen molar-refractivity contribution in [2.75, 3.05) is 16.4 Å². The Kier molecular flexibility index (Phi) is 2.95. The van der Waals surface area contributed by atoms with Gasteiger partial charge in [-0.2, -0.15) is 27.9 Å². The van der Waals surface area contributed by atoms with Crippen LogP contribution in [0.4, 0.5) is 24.8 Å². The number of nitrogens with one attached hydrogen (secondary N) is 2. The van der Waals surface area contributed by atoms with Gasteiger partial charge in [0.25, 0.3) is 11.8 Å². The lowest BCUT2D eigenvalue weighted by Crippen LogP contribution is -2.40. The summed E-state index contributed by atoms with van der Waals surface area (Å²) in [7, 11) is 0. The Morgan fingerprint density at radius 2 is 2.08 bits per heavy atom. The Morgan fingerprint density at radius 1 is 1.29 bits per heavy atom. The molecule has 0 fully saturated rings. The van der Waals surface area contributed by atoms with E-state index < -0.39 is 28.4 Å². The van der Waals surface area contributed by atoms with Crippen LogP contribution < -0.4 is 10.6 Å². The summed E-state index contributed by atoms with van der Waals surface area (Å²) in [5.74, 6) is -1.49. The minimum absolute atomic E-state index is 0.0511. The summed E-state index contributed by atoms with van der Waals surface area (Å²) in [4.78, 5) is 26.6. The maximum atomic E-state index is 13.4. The van der Waals surface area contributed by atoms with Gasteiger partial charge in [0.1, 0.15) is 6.33 Å². The summed E-state index contributed by atoms with van der Waals surface area (Å²) in [5, 5.41) is 8.86. The number of halogens is 3. The fourth-order valence-electron chi connectivity index (χ4n) is 2.79. The predicted octanol–water partition coefficient (Wildman–Crippen LogP) is 1.90. The Bertz CT molecular complexity index is 881. The standard InChI is InChI=1S/C13H8F3N5O2S/c14-13(15,16)6-2-1-3-7-9(6)12(10(23)19-7)20-11-17-5-18-21(11)8(22)4-24-12/h1-3,5H,4H2,(H,19,23)(H,17,18,20). The first-order valence-electron chi connectivity index (χ1n) is 6.70. The van der Waals surface area contributed by atoms with Crippen molar-refractivity contribution < 1.29 is 22.8 Å². The number of benzene rings is 1. The Morgan fingerprint density at radius 3 is 2.83 bits per heavy atom. The molecule has 1 aromatic carbocycles. The van der Waals surface area contributed by atoms with E-state index in [4.69, 9.17) is 0 Å². The van der Waals surface area contributed by atoms with E-state index in [1.807, 2.05) is 0 Å². The third kappa shape index (κ3) is 1.94. The zero-order valence-corrected chi connectivity index (χ0v) is 12.5. The Labute approximate surface area is 136 Å². The number of aromatic nitrogens is 3. The van der Waals surface area contributed by atoms with Gasteiger partial charge in [-0.15, -0.1) is 11.8 Å². The molecule has 24 heavy (non-hydrogen) atoms. The van der Waals surface area contributed by atoms with E-state index in [0.29, 0.717) is 0 Å². The molecule has 11 heteroatoms. The van der Waals surface area contributed by atoms with Gasteiger partial charge in [-0.25, -0.2) is 0 Å². The normalized spacial score (nSPS) is 22.6. The third-order valence-electron chi connectivity index (χ3n) is 3.77. The SMILES string of the molecule is O=C1CSC2(Nc3ncnn31)C(=O)Nc1cccc(C(F)(F)F)c12. The van der Waals surface area contributed by atoms with Crippen molar-refractivity contribution in [3.05, 3.63) is 35.7 Å². The summed E-state index contributed by atoms with van der Waals surface area (Å²) in [5.41, 5.74) is -1.15. The molecule has 124 valence electrons. The highest BCUT2D eigenvalue weighted by Gasteiger charge is 2.54. The number of fused-ring (bicyclic) bond motifs is 3. The number of rotatable bonds is 0. The number of carbonyl (C=O) groups is 2. The molecule has 1 aromatic heterocycles. The van der Waals surface area contributed by atoms with E-state index in [1.165, 1.54) is 12.1 Å². The van der Waals surface area contributed by atoms with Crippen molar-refractivity contribution in [1.29, 1.82) is 0 Å². The van der Waals surface area contributed by atoms with Crippen LogP contribution in [0.5, 0.6) is 0 Å². The average Bonchev–Trinajstić information content (AvgIpc) is 3.04. The zero-order valence-electron chi connectivity index (χ0n) is 11.7. The van der Waals surface area contributed by atoms with Gasteiger partial charge in [0.15, 0.2) is 4.87 Å². The van der Waals surface area contributed by atoms with Crippen LogP contribution in [0.3, 0.4) is 0 Å². The number of alkyl halides is 3. The molecule has 3 heterocycles. The van der Waals surface area contributed by atoms with Crippen LogP contribution >= 0.6 is 11.8 Å². The van der Waals surface area contributed by atoms with Gasteiger partial charge in [-0.1, -0.05) is 6.07 Å². The van der Waals surface area contributed by atoms with Crippen molar-refractivity contribution in [3.8, 4) is 0 Å². The van der Waals surface area contributed by atoms with Crippen LogP contribution in [0.25, 0.3) is 0 Å². The third-order valence-corrected chi connectivity index (χ3v) is 5.09. The predicted molar refractivity (Wildman–Crippen MR) is 78.5 cm³/mol. The van der Waals surface area contributed by atoms with Crippen molar-refractivity contribution in [2.45, 2.75) is 11.0 Å². The van der Waals surface area contributed by atoms with Gasteiger partial charge in [0.2, 0.25) is 5.95 Å². The van der Waals surface area contributed by atoms with E-state index in [-0.39, 0.29) is 23.0 Å². The molecule has 0 saturated carbocycles. The lowest BCUT2D eigenvalue weighted by Gasteiger charge is -2.28. The van der Waals surface area contributed by atoms with E-state index >= 15 is 0 Å². The minimum atomic E-state index is -4.66. The number of thioether (sulfide) groups is 1. The van der Waals surface area contributed by atoms with Gasteiger partial charge in [0.05, 0.1) is 11.3 Å². The molecule has 1 spiro atoms. The molecule has 0 aliphatic carbocycles. The molecule has 1 atom stereocenters. The number of hydrogen-bond donors (Lipinski definition) is 2. The van der Waals surface area contributed by atoms with E-state index in [0.717, 1.165) is 28.8 Å². The van der Waals surface area contributed by atoms with Gasteiger partial charge >= 0.3 is 6.18 Å².